The van der Waals surface area contributed by atoms with E-state index in [1.54, 1.807) is 18.2 Å². The molecule has 144 valence electrons. The number of nitrogens with zero attached hydrogens (tertiary/aromatic N) is 4. The van der Waals surface area contributed by atoms with Crippen molar-refractivity contribution in [1.29, 1.82) is 0 Å². The Kier molecular flexibility index (Phi) is 5.47. The van der Waals surface area contributed by atoms with Gasteiger partial charge in [-0.3, -0.25) is 10.1 Å². The first kappa shape index (κ1) is 18.7. The van der Waals surface area contributed by atoms with Crippen LogP contribution in [-0.4, -0.2) is 57.9 Å². The van der Waals surface area contributed by atoms with Crippen molar-refractivity contribution in [2.75, 3.05) is 43.4 Å². The number of aromatic nitrogens is 2. The third-order valence-corrected chi connectivity index (χ3v) is 5.50. The van der Waals surface area contributed by atoms with Crippen molar-refractivity contribution in [2.24, 2.45) is 0 Å². The molecule has 0 saturated carbocycles. The number of fused-ring (bicyclic) bond motifs is 1. The van der Waals surface area contributed by atoms with Gasteiger partial charge in [-0.15, -0.1) is 0 Å². The number of benzene rings is 2. The van der Waals surface area contributed by atoms with Crippen LogP contribution >= 0.6 is 23.9 Å². The van der Waals surface area contributed by atoms with Crippen molar-refractivity contribution in [3.8, 4) is 0 Å². The first-order chi connectivity index (χ1) is 13.6. The number of piperazine rings is 1. The van der Waals surface area contributed by atoms with E-state index in [0.29, 0.717) is 11.1 Å². The predicted molar refractivity (Wildman–Crippen MR) is 117 cm³/mol. The predicted octanol–water partition coefficient (Wildman–Crippen LogP) is 2.57. The van der Waals surface area contributed by atoms with Gasteiger partial charge in [0.1, 0.15) is 11.0 Å². The summed E-state index contributed by atoms with van der Waals surface area (Å²) in [5.74, 6) is -0.274. The van der Waals surface area contributed by atoms with Crippen LogP contribution in [0.5, 0.6) is 0 Å². The summed E-state index contributed by atoms with van der Waals surface area (Å²) in [5, 5.41) is 6.19. The minimum absolute atomic E-state index is 0.267. The highest BCUT2D eigenvalue weighted by molar-refractivity contribution is 7.80. The number of carbonyl (C=O) groups excluding carboxylic acids is 1. The van der Waals surface area contributed by atoms with E-state index in [2.05, 4.69) is 42.3 Å². The number of amides is 1. The van der Waals surface area contributed by atoms with Gasteiger partial charge in [-0.05, 0) is 49.6 Å². The zero-order valence-electron chi connectivity index (χ0n) is 15.4. The van der Waals surface area contributed by atoms with Gasteiger partial charge in [0, 0.05) is 31.7 Å². The van der Waals surface area contributed by atoms with Crippen LogP contribution < -0.4 is 15.5 Å². The van der Waals surface area contributed by atoms with Gasteiger partial charge in [0.25, 0.3) is 5.91 Å². The molecule has 0 bridgehead atoms. The maximum Gasteiger partial charge on any atom is 0.257 e. The third-order valence-electron chi connectivity index (χ3n) is 4.74. The molecule has 1 aliphatic heterocycles. The van der Waals surface area contributed by atoms with Gasteiger partial charge in [-0.25, -0.2) is 0 Å². The molecule has 0 aliphatic carbocycles. The van der Waals surface area contributed by atoms with Gasteiger partial charge in [-0.2, -0.15) is 8.75 Å². The molecule has 1 amide bonds. The second kappa shape index (κ2) is 8.17. The van der Waals surface area contributed by atoms with Gasteiger partial charge in [0.15, 0.2) is 5.11 Å². The number of likely N-dealkylation sites (N-methyl/N-ethyl adjacent to an activating group) is 1. The lowest BCUT2D eigenvalue weighted by atomic mass is 10.2. The molecule has 2 N–H and O–H groups in total. The molecular formula is C19H20N6OS2. The van der Waals surface area contributed by atoms with Crippen LogP contribution in [-0.2, 0) is 0 Å². The van der Waals surface area contributed by atoms with Crippen LogP contribution in [0.1, 0.15) is 10.4 Å². The first-order valence-electron chi connectivity index (χ1n) is 8.97. The minimum atomic E-state index is -0.274. The van der Waals surface area contributed by atoms with Crippen LogP contribution in [0.25, 0.3) is 11.0 Å². The summed E-state index contributed by atoms with van der Waals surface area (Å²) < 4.78 is 8.32. The quantitative estimate of drug-likeness (QED) is 0.641. The SMILES string of the molecule is CN1CCN(c2ccccc2NC(=S)NC(=O)c2ccc3nsnc3c2)CC1. The van der Waals surface area contributed by atoms with E-state index in [1.165, 1.54) is 0 Å². The average molecular weight is 413 g/mol. The molecule has 2 heterocycles. The van der Waals surface area contributed by atoms with Gasteiger partial charge in [0.05, 0.1) is 23.1 Å². The highest BCUT2D eigenvalue weighted by Crippen LogP contribution is 2.26. The maximum atomic E-state index is 12.5. The van der Waals surface area contributed by atoms with Crippen molar-refractivity contribution in [1.82, 2.24) is 19.0 Å². The number of para-hydroxylation sites is 2. The lowest BCUT2D eigenvalue weighted by Gasteiger charge is -2.35. The molecule has 0 atom stereocenters. The van der Waals surface area contributed by atoms with Gasteiger partial charge >= 0.3 is 0 Å². The molecule has 1 aromatic heterocycles. The Morgan fingerprint density at radius 3 is 2.64 bits per heavy atom. The molecule has 1 fully saturated rings. The highest BCUT2D eigenvalue weighted by Gasteiger charge is 2.18. The Morgan fingerprint density at radius 2 is 1.82 bits per heavy atom. The summed E-state index contributed by atoms with van der Waals surface area (Å²) in [7, 11) is 2.13. The summed E-state index contributed by atoms with van der Waals surface area (Å²) in [5.41, 5.74) is 3.95. The number of hydrogen-bond acceptors (Lipinski definition) is 7. The zero-order valence-corrected chi connectivity index (χ0v) is 17.0. The summed E-state index contributed by atoms with van der Waals surface area (Å²) >= 11 is 6.50. The van der Waals surface area contributed by atoms with Crippen molar-refractivity contribution >= 4 is 57.4 Å². The fourth-order valence-electron chi connectivity index (χ4n) is 3.15. The smallest absolute Gasteiger partial charge is 0.257 e. The summed E-state index contributed by atoms with van der Waals surface area (Å²) in [6.07, 6.45) is 0. The molecule has 9 heteroatoms. The third kappa shape index (κ3) is 4.11. The van der Waals surface area contributed by atoms with E-state index >= 15 is 0 Å². The topological polar surface area (TPSA) is 73.4 Å². The van der Waals surface area contributed by atoms with E-state index in [1.807, 2.05) is 18.2 Å². The van der Waals surface area contributed by atoms with E-state index in [9.17, 15) is 4.79 Å². The van der Waals surface area contributed by atoms with Gasteiger partial charge in [0.2, 0.25) is 0 Å². The van der Waals surface area contributed by atoms with Gasteiger partial charge < -0.3 is 15.1 Å². The van der Waals surface area contributed by atoms with Crippen LogP contribution in [0.2, 0.25) is 0 Å². The van der Waals surface area contributed by atoms with E-state index in [-0.39, 0.29) is 11.0 Å². The number of nitrogens with one attached hydrogen (secondary N) is 2. The molecular weight excluding hydrogens is 392 g/mol. The van der Waals surface area contributed by atoms with Crippen LogP contribution in [0, 0.1) is 0 Å². The van der Waals surface area contributed by atoms with Gasteiger partial charge in [-0.1, -0.05) is 12.1 Å². The fourth-order valence-corrected chi connectivity index (χ4v) is 3.87. The number of carbonyl (C=O) groups is 1. The summed E-state index contributed by atoms with van der Waals surface area (Å²) in [6.45, 7) is 3.94. The molecule has 3 aromatic rings. The normalized spacial score (nSPS) is 14.8. The molecule has 7 nitrogen and oxygen atoms in total. The monoisotopic (exact) mass is 412 g/mol. The fraction of sp³-hybridized carbons (Fsp3) is 0.263. The second-order valence-electron chi connectivity index (χ2n) is 6.68. The van der Waals surface area contributed by atoms with E-state index in [4.69, 9.17) is 12.2 Å². The average Bonchev–Trinajstić information content (AvgIpc) is 3.17. The second-order valence-corrected chi connectivity index (χ2v) is 7.62. The van der Waals surface area contributed by atoms with Crippen LogP contribution in [0.15, 0.2) is 42.5 Å². The standard InChI is InChI=1S/C19H20N6OS2/c1-24-8-10-25(11-9-24)17-5-3-2-4-15(17)20-19(27)21-18(26)13-6-7-14-16(12-13)23-28-22-14/h2-7,12H,8-11H2,1H3,(H2,20,21,26,27). The Bertz CT molecular complexity index is 1010. The van der Waals surface area contributed by atoms with Crippen LogP contribution in [0.4, 0.5) is 11.4 Å². The Labute approximate surface area is 172 Å². The van der Waals surface area contributed by atoms with Crippen molar-refractivity contribution in [3.05, 3.63) is 48.0 Å². The molecule has 4 rings (SSSR count). The molecule has 0 spiro atoms. The van der Waals surface area contributed by atoms with Crippen molar-refractivity contribution in [3.63, 3.8) is 0 Å². The Morgan fingerprint density at radius 1 is 1.07 bits per heavy atom. The lowest BCUT2D eigenvalue weighted by Crippen LogP contribution is -2.45. The minimum Gasteiger partial charge on any atom is -0.367 e. The number of thiocarbonyl (C=S) groups is 1. The molecule has 0 unspecified atom stereocenters. The van der Waals surface area contributed by atoms with Crippen molar-refractivity contribution < 1.29 is 4.79 Å². The largest absolute Gasteiger partial charge is 0.367 e. The zero-order chi connectivity index (χ0) is 19.5. The van der Waals surface area contributed by atoms with Crippen LogP contribution in [0.3, 0.4) is 0 Å². The summed E-state index contributed by atoms with van der Waals surface area (Å²) in [4.78, 5) is 17.2. The Balaban J connectivity index is 1.44. The molecule has 1 saturated heterocycles. The molecule has 28 heavy (non-hydrogen) atoms. The number of rotatable bonds is 3. The number of hydrogen-bond donors (Lipinski definition) is 2. The molecule has 2 aromatic carbocycles. The lowest BCUT2D eigenvalue weighted by molar-refractivity contribution is 0.0978. The molecule has 0 radical (unpaired) electrons. The molecule has 1 aliphatic rings. The van der Waals surface area contributed by atoms with Crippen molar-refractivity contribution in [2.45, 2.75) is 0 Å². The number of anilines is 2. The maximum absolute atomic E-state index is 12.5. The Hall–Kier alpha value is -2.62. The first-order valence-corrected chi connectivity index (χ1v) is 10.1. The highest BCUT2D eigenvalue weighted by atomic mass is 32.1. The van der Waals surface area contributed by atoms with E-state index < -0.39 is 0 Å². The summed E-state index contributed by atoms with van der Waals surface area (Å²) in [6, 6.07) is 13.2. The van der Waals surface area contributed by atoms with E-state index in [0.717, 1.165) is 54.8 Å².